The van der Waals surface area contributed by atoms with Crippen molar-refractivity contribution < 1.29 is 4.52 Å². The molecular formula is C7H10N2O2. The molecule has 11 heavy (non-hydrogen) atoms. The number of hydrogen-bond acceptors (Lipinski definition) is 3. The molecule has 4 heteroatoms. The van der Waals surface area contributed by atoms with E-state index in [0.717, 1.165) is 30.7 Å². The Morgan fingerprint density at radius 3 is 3.27 bits per heavy atom. The Morgan fingerprint density at radius 2 is 2.36 bits per heavy atom. The number of rotatable bonds is 0. The zero-order chi connectivity index (χ0) is 7.68. The van der Waals surface area contributed by atoms with Crippen molar-refractivity contribution in [3.05, 3.63) is 21.7 Å². The first-order chi connectivity index (χ1) is 5.38. The van der Waals surface area contributed by atoms with Gasteiger partial charge in [0.1, 0.15) is 0 Å². The van der Waals surface area contributed by atoms with Gasteiger partial charge in [0.15, 0.2) is 5.76 Å². The predicted octanol–water partition coefficient (Wildman–Crippen LogP) is 0.00370. The van der Waals surface area contributed by atoms with Gasteiger partial charge in [-0.05, 0) is 19.4 Å². The van der Waals surface area contributed by atoms with Crippen molar-refractivity contribution in [2.45, 2.75) is 19.4 Å². The Balaban J connectivity index is 2.43. The fourth-order valence-corrected chi connectivity index (χ4v) is 1.35. The Labute approximate surface area is 63.6 Å². The highest BCUT2D eigenvalue weighted by Crippen LogP contribution is 2.08. The highest BCUT2D eigenvalue weighted by Gasteiger charge is 2.14. The zero-order valence-corrected chi connectivity index (χ0v) is 6.14. The first-order valence-corrected chi connectivity index (χ1v) is 3.78. The standard InChI is InChI=1S/C7H10N2O2/c10-7-5-2-1-3-8-4-6(5)11-9-7/h8H,1-4H2,(H,9,10). The molecule has 0 unspecified atom stereocenters. The van der Waals surface area contributed by atoms with Gasteiger partial charge in [-0.2, -0.15) is 5.16 Å². The second-order valence-electron chi connectivity index (χ2n) is 2.72. The van der Waals surface area contributed by atoms with Crippen LogP contribution in [0.4, 0.5) is 0 Å². The van der Waals surface area contributed by atoms with E-state index in [0.29, 0.717) is 6.54 Å². The van der Waals surface area contributed by atoms with Crippen LogP contribution in [0.5, 0.6) is 0 Å². The van der Waals surface area contributed by atoms with Crippen LogP contribution in [-0.2, 0) is 13.0 Å². The van der Waals surface area contributed by atoms with Crippen LogP contribution in [0.15, 0.2) is 9.32 Å². The SMILES string of the molecule is O=c1[nH]oc2c1CCCNC2. The summed E-state index contributed by atoms with van der Waals surface area (Å²) < 4.78 is 4.97. The average molecular weight is 154 g/mol. The van der Waals surface area contributed by atoms with Gasteiger partial charge in [-0.3, -0.25) is 4.79 Å². The molecule has 2 N–H and O–H groups in total. The van der Waals surface area contributed by atoms with Gasteiger partial charge in [0, 0.05) is 0 Å². The average Bonchev–Trinajstić information content (AvgIpc) is 2.25. The van der Waals surface area contributed by atoms with Crippen molar-refractivity contribution in [2.24, 2.45) is 0 Å². The van der Waals surface area contributed by atoms with Crippen LogP contribution in [-0.4, -0.2) is 11.7 Å². The quantitative estimate of drug-likeness (QED) is 0.553. The molecule has 0 fully saturated rings. The maximum atomic E-state index is 11.0. The minimum absolute atomic E-state index is 0.0660. The Hall–Kier alpha value is -1.03. The molecule has 60 valence electrons. The summed E-state index contributed by atoms with van der Waals surface area (Å²) in [5, 5.41) is 5.50. The molecule has 0 atom stereocenters. The number of aromatic nitrogens is 1. The van der Waals surface area contributed by atoms with E-state index in [1.165, 1.54) is 0 Å². The molecule has 0 saturated carbocycles. The molecular weight excluding hydrogens is 144 g/mol. The van der Waals surface area contributed by atoms with Crippen molar-refractivity contribution in [2.75, 3.05) is 6.54 Å². The summed E-state index contributed by atoms with van der Waals surface area (Å²) in [6.07, 6.45) is 1.84. The molecule has 0 spiro atoms. The van der Waals surface area contributed by atoms with E-state index in [9.17, 15) is 4.79 Å². The Kier molecular flexibility index (Phi) is 1.54. The highest BCUT2D eigenvalue weighted by molar-refractivity contribution is 5.14. The van der Waals surface area contributed by atoms with Crippen molar-refractivity contribution in [3.63, 3.8) is 0 Å². The molecule has 0 saturated heterocycles. The molecule has 0 amide bonds. The van der Waals surface area contributed by atoms with E-state index in [-0.39, 0.29) is 5.56 Å². The fraction of sp³-hybridized carbons (Fsp3) is 0.571. The lowest BCUT2D eigenvalue weighted by atomic mass is 10.2. The van der Waals surface area contributed by atoms with Crippen LogP contribution in [0.1, 0.15) is 17.7 Å². The second-order valence-corrected chi connectivity index (χ2v) is 2.72. The van der Waals surface area contributed by atoms with Gasteiger partial charge in [0.05, 0.1) is 12.1 Å². The van der Waals surface area contributed by atoms with Crippen molar-refractivity contribution in [3.8, 4) is 0 Å². The number of H-pyrrole nitrogens is 1. The number of nitrogens with one attached hydrogen (secondary N) is 2. The van der Waals surface area contributed by atoms with Crippen molar-refractivity contribution >= 4 is 0 Å². The summed E-state index contributed by atoms with van der Waals surface area (Å²) in [6, 6.07) is 0. The van der Waals surface area contributed by atoms with E-state index in [4.69, 9.17) is 4.52 Å². The molecule has 0 radical (unpaired) electrons. The highest BCUT2D eigenvalue weighted by atomic mass is 16.5. The third kappa shape index (κ3) is 1.09. The summed E-state index contributed by atoms with van der Waals surface area (Å²) in [5.41, 5.74) is 0.749. The minimum Gasteiger partial charge on any atom is -0.382 e. The molecule has 0 aromatic carbocycles. The maximum Gasteiger partial charge on any atom is 0.283 e. The Bertz CT molecular complexity index is 300. The number of aromatic amines is 1. The van der Waals surface area contributed by atoms with Crippen LogP contribution in [0, 0.1) is 0 Å². The maximum absolute atomic E-state index is 11.0. The molecule has 0 aliphatic carbocycles. The van der Waals surface area contributed by atoms with Crippen LogP contribution >= 0.6 is 0 Å². The molecule has 1 aromatic heterocycles. The summed E-state index contributed by atoms with van der Waals surface area (Å²) in [4.78, 5) is 11.0. The summed E-state index contributed by atoms with van der Waals surface area (Å²) in [6.45, 7) is 1.64. The summed E-state index contributed by atoms with van der Waals surface area (Å²) >= 11 is 0. The van der Waals surface area contributed by atoms with E-state index in [2.05, 4.69) is 10.5 Å². The first kappa shape index (κ1) is 6.67. The molecule has 2 heterocycles. The van der Waals surface area contributed by atoms with Gasteiger partial charge >= 0.3 is 0 Å². The van der Waals surface area contributed by atoms with Gasteiger partial charge < -0.3 is 9.84 Å². The van der Waals surface area contributed by atoms with Crippen LogP contribution in [0.25, 0.3) is 0 Å². The molecule has 4 nitrogen and oxygen atoms in total. The molecule has 1 aliphatic rings. The van der Waals surface area contributed by atoms with Crippen molar-refractivity contribution in [1.29, 1.82) is 0 Å². The monoisotopic (exact) mass is 154 g/mol. The number of fused-ring (bicyclic) bond motifs is 1. The lowest BCUT2D eigenvalue weighted by Crippen LogP contribution is -2.11. The third-order valence-electron chi connectivity index (χ3n) is 1.94. The topological polar surface area (TPSA) is 58.0 Å². The molecule has 1 aliphatic heterocycles. The van der Waals surface area contributed by atoms with Gasteiger partial charge in [-0.1, -0.05) is 0 Å². The van der Waals surface area contributed by atoms with E-state index in [1.807, 2.05) is 0 Å². The minimum atomic E-state index is -0.0660. The van der Waals surface area contributed by atoms with E-state index < -0.39 is 0 Å². The largest absolute Gasteiger partial charge is 0.382 e. The predicted molar refractivity (Wildman–Crippen MR) is 39.4 cm³/mol. The van der Waals surface area contributed by atoms with Gasteiger partial charge in [-0.25, -0.2) is 0 Å². The molecule has 1 aromatic rings. The van der Waals surface area contributed by atoms with Crippen LogP contribution in [0.3, 0.4) is 0 Å². The Morgan fingerprint density at radius 1 is 1.45 bits per heavy atom. The van der Waals surface area contributed by atoms with Gasteiger partial charge in [0.25, 0.3) is 5.56 Å². The third-order valence-corrected chi connectivity index (χ3v) is 1.94. The summed E-state index contributed by atoms with van der Waals surface area (Å²) in [7, 11) is 0. The normalized spacial score (nSPS) is 17.5. The van der Waals surface area contributed by atoms with E-state index in [1.54, 1.807) is 0 Å². The number of hydrogen-bond donors (Lipinski definition) is 2. The van der Waals surface area contributed by atoms with Gasteiger partial charge in [0.2, 0.25) is 0 Å². The van der Waals surface area contributed by atoms with Crippen molar-refractivity contribution in [1.82, 2.24) is 10.5 Å². The summed E-state index contributed by atoms with van der Waals surface area (Å²) in [5.74, 6) is 0.771. The van der Waals surface area contributed by atoms with Crippen LogP contribution < -0.4 is 10.9 Å². The molecule has 0 bridgehead atoms. The fourth-order valence-electron chi connectivity index (χ4n) is 1.35. The van der Waals surface area contributed by atoms with Crippen LogP contribution in [0.2, 0.25) is 0 Å². The smallest absolute Gasteiger partial charge is 0.283 e. The zero-order valence-electron chi connectivity index (χ0n) is 6.14. The first-order valence-electron chi connectivity index (χ1n) is 3.78. The lowest BCUT2D eigenvalue weighted by Gasteiger charge is -1.93. The van der Waals surface area contributed by atoms with E-state index >= 15 is 0 Å². The lowest BCUT2D eigenvalue weighted by molar-refractivity contribution is 0.370. The van der Waals surface area contributed by atoms with Gasteiger partial charge in [-0.15, -0.1) is 0 Å². The second kappa shape index (κ2) is 2.54. The molecule has 2 rings (SSSR count).